The van der Waals surface area contributed by atoms with E-state index in [4.69, 9.17) is 4.74 Å². The van der Waals surface area contributed by atoms with Gasteiger partial charge in [-0.15, -0.1) is 0 Å². The normalized spacial score (nSPS) is 15.1. The lowest BCUT2D eigenvalue weighted by atomic mass is 10.8. The number of nitrogens with one attached hydrogen (secondary N) is 1. The van der Waals surface area contributed by atoms with Crippen molar-refractivity contribution in [2.75, 3.05) is 20.3 Å². The Morgan fingerprint density at radius 1 is 1.73 bits per heavy atom. The van der Waals surface area contributed by atoms with Crippen molar-refractivity contribution in [1.29, 1.82) is 0 Å². The average Bonchev–Trinajstić information content (AvgIpc) is 2.41. The van der Waals surface area contributed by atoms with Crippen molar-refractivity contribution in [3.8, 4) is 0 Å². The molecule has 0 fully saturated rings. The van der Waals surface area contributed by atoms with Gasteiger partial charge < -0.3 is 9.29 Å². The summed E-state index contributed by atoms with van der Waals surface area (Å²) < 4.78 is 35.7. The van der Waals surface area contributed by atoms with Crippen LogP contribution in [0.1, 0.15) is 0 Å². The predicted molar refractivity (Wildman–Crippen MR) is 34.6 cm³/mol. The van der Waals surface area contributed by atoms with Crippen molar-refractivity contribution >= 4 is 16.8 Å². The highest BCUT2D eigenvalue weighted by Crippen LogP contribution is 1.74. The highest BCUT2D eigenvalue weighted by Gasteiger charge is 1.92. The largest absolute Gasteiger partial charge is 0.726 e. The lowest BCUT2D eigenvalue weighted by molar-refractivity contribution is -0.439. The molecule has 1 aliphatic heterocycles. The smallest absolute Gasteiger partial charge is 0.322 e. The van der Waals surface area contributed by atoms with E-state index in [0.717, 1.165) is 20.3 Å². The van der Waals surface area contributed by atoms with E-state index in [2.05, 4.69) is 9.18 Å². The van der Waals surface area contributed by atoms with E-state index in [1.807, 2.05) is 0 Å². The first-order valence-electron chi connectivity index (χ1n) is 2.74. The highest BCUT2D eigenvalue weighted by molar-refractivity contribution is 7.80. The topological polar surface area (TPSA) is 89.6 Å². The summed E-state index contributed by atoms with van der Waals surface area (Å²) in [6.45, 7) is 1.81. The second-order valence-corrected chi connectivity index (χ2v) is 2.67. The standard InChI is InChI=1S/C3H5NO.CH4O4S/c1-2-5-3-4-1;1-5-6(2,3)4/h3H,1-2H2;1H3,(H,2,3,4). The minimum Gasteiger partial charge on any atom is -0.726 e. The molecule has 0 aromatic rings. The lowest BCUT2D eigenvalue weighted by Gasteiger charge is -1.98. The van der Waals surface area contributed by atoms with Crippen LogP contribution in [0.5, 0.6) is 0 Å². The zero-order valence-corrected chi connectivity index (χ0v) is 6.76. The highest BCUT2D eigenvalue weighted by atomic mass is 32.3. The fraction of sp³-hybridized carbons (Fsp3) is 0.750. The van der Waals surface area contributed by atoms with Gasteiger partial charge in [0.25, 0.3) is 0 Å². The van der Waals surface area contributed by atoms with Crippen LogP contribution in [-0.2, 0) is 19.3 Å². The molecular formula is C4H9NO5S. The fourth-order valence-corrected chi connectivity index (χ4v) is 0.295. The van der Waals surface area contributed by atoms with Gasteiger partial charge in [0.15, 0.2) is 13.2 Å². The van der Waals surface area contributed by atoms with Crippen molar-refractivity contribution in [3.05, 3.63) is 0 Å². The Kier molecular flexibility index (Phi) is 4.75. The molecule has 0 radical (unpaired) electrons. The van der Waals surface area contributed by atoms with Crippen molar-refractivity contribution in [3.63, 3.8) is 0 Å². The van der Waals surface area contributed by atoms with Crippen LogP contribution in [-0.4, -0.2) is 39.6 Å². The first kappa shape index (κ1) is 10.3. The third-order valence-corrected chi connectivity index (χ3v) is 1.14. The summed E-state index contributed by atoms with van der Waals surface area (Å²) in [5.74, 6) is 0. The Morgan fingerprint density at radius 2 is 2.27 bits per heavy atom. The van der Waals surface area contributed by atoms with Crippen molar-refractivity contribution in [2.24, 2.45) is 0 Å². The molecule has 1 heterocycles. The van der Waals surface area contributed by atoms with E-state index < -0.39 is 10.4 Å². The Morgan fingerprint density at radius 3 is 2.36 bits per heavy atom. The second kappa shape index (κ2) is 5.05. The summed E-state index contributed by atoms with van der Waals surface area (Å²) in [7, 11) is -3.60. The molecule has 0 spiro atoms. The molecular weight excluding hydrogens is 174 g/mol. The summed E-state index contributed by atoms with van der Waals surface area (Å²) in [4.78, 5) is 2.88. The summed E-state index contributed by atoms with van der Waals surface area (Å²) in [6.07, 6.45) is 1.61. The molecule has 0 amide bonds. The van der Waals surface area contributed by atoms with Crippen LogP contribution in [0.3, 0.4) is 0 Å². The Balaban J connectivity index is 0.000000183. The van der Waals surface area contributed by atoms with E-state index in [0.29, 0.717) is 0 Å². The maximum Gasteiger partial charge on any atom is 0.322 e. The second-order valence-electron chi connectivity index (χ2n) is 1.52. The molecule has 0 saturated heterocycles. The van der Waals surface area contributed by atoms with Gasteiger partial charge in [-0.1, -0.05) is 0 Å². The van der Waals surface area contributed by atoms with E-state index in [1.165, 1.54) is 0 Å². The summed E-state index contributed by atoms with van der Waals surface area (Å²) in [6, 6.07) is 0. The molecule has 11 heavy (non-hydrogen) atoms. The maximum atomic E-state index is 9.22. The monoisotopic (exact) mass is 183 g/mol. The molecule has 66 valence electrons. The van der Waals surface area contributed by atoms with Crippen LogP contribution in [0.25, 0.3) is 0 Å². The van der Waals surface area contributed by atoms with Crippen LogP contribution in [0, 0.1) is 0 Å². The molecule has 7 heteroatoms. The van der Waals surface area contributed by atoms with Crippen LogP contribution >= 0.6 is 0 Å². The molecule has 0 unspecified atom stereocenters. The minimum absolute atomic E-state index is 0.808. The van der Waals surface area contributed by atoms with Gasteiger partial charge in [-0.25, -0.2) is 13.4 Å². The Labute approximate surface area is 64.8 Å². The van der Waals surface area contributed by atoms with Crippen LogP contribution < -0.4 is 4.99 Å². The molecule has 0 saturated carbocycles. The maximum absolute atomic E-state index is 9.22. The summed E-state index contributed by atoms with van der Waals surface area (Å²) >= 11 is 0. The van der Waals surface area contributed by atoms with E-state index in [1.54, 1.807) is 6.40 Å². The zero-order chi connectivity index (χ0) is 8.74. The van der Waals surface area contributed by atoms with E-state index >= 15 is 0 Å². The first-order chi connectivity index (χ1) is 5.06. The van der Waals surface area contributed by atoms with E-state index in [9.17, 15) is 13.0 Å². The first-order valence-corrected chi connectivity index (χ1v) is 4.07. The van der Waals surface area contributed by atoms with Gasteiger partial charge in [-0.3, -0.25) is 4.18 Å². The number of hydrogen-bond donors (Lipinski definition) is 1. The van der Waals surface area contributed by atoms with Crippen molar-refractivity contribution in [1.82, 2.24) is 0 Å². The Bertz CT molecular complexity index is 203. The average molecular weight is 183 g/mol. The zero-order valence-electron chi connectivity index (χ0n) is 5.94. The predicted octanol–water partition coefficient (Wildman–Crippen LogP) is -2.78. The fourth-order valence-electron chi connectivity index (χ4n) is 0.295. The number of hydrogen-bond acceptors (Lipinski definition) is 5. The molecule has 0 aliphatic carbocycles. The Hall–Kier alpha value is -0.660. The molecule has 0 aromatic heterocycles. The lowest BCUT2D eigenvalue weighted by Crippen LogP contribution is -2.65. The quantitative estimate of drug-likeness (QED) is 0.351. The third-order valence-electron chi connectivity index (χ3n) is 0.735. The van der Waals surface area contributed by atoms with Crippen molar-refractivity contribution < 1.29 is 26.9 Å². The SMILES string of the molecule is C1=[NH+]CCO1.COS(=O)(=O)[O-]. The molecule has 0 atom stereocenters. The molecule has 6 nitrogen and oxygen atoms in total. The minimum atomic E-state index is -4.41. The molecule has 1 N–H and O–H groups in total. The van der Waals surface area contributed by atoms with Crippen molar-refractivity contribution in [2.45, 2.75) is 0 Å². The third kappa shape index (κ3) is 9.34. The van der Waals surface area contributed by atoms with E-state index in [-0.39, 0.29) is 0 Å². The summed E-state index contributed by atoms with van der Waals surface area (Å²) in [5, 5.41) is 0. The van der Waals surface area contributed by atoms with Gasteiger partial charge in [0, 0.05) is 0 Å². The molecule has 1 rings (SSSR count). The summed E-state index contributed by atoms with van der Waals surface area (Å²) in [5.41, 5.74) is 0. The molecule has 1 aliphatic rings. The van der Waals surface area contributed by atoms with Gasteiger partial charge in [-0.05, 0) is 0 Å². The van der Waals surface area contributed by atoms with Gasteiger partial charge >= 0.3 is 6.40 Å². The van der Waals surface area contributed by atoms with Gasteiger partial charge in [0.2, 0.25) is 10.4 Å². The van der Waals surface area contributed by atoms with Gasteiger partial charge in [0.05, 0.1) is 7.11 Å². The van der Waals surface area contributed by atoms with Crippen LogP contribution in [0.2, 0.25) is 0 Å². The van der Waals surface area contributed by atoms with Crippen LogP contribution in [0.15, 0.2) is 0 Å². The number of rotatable bonds is 1. The number of ether oxygens (including phenoxy) is 1. The van der Waals surface area contributed by atoms with Crippen LogP contribution in [0.4, 0.5) is 0 Å². The van der Waals surface area contributed by atoms with Gasteiger partial charge in [-0.2, -0.15) is 0 Å². The van der Waals surface area contributed by atoms with Gasteiger partial charge in [0.1, 0.15) is 0 Å². The molecule has 0 aromatic carbocycles. The molecule has 0 bridgehead atoms.